The monoisotopic (exact) mass is 345 g/mol. The lowest BCUT2D eigenvalue weighted by Gasteiger charge is -2.22. The molecule has 1 rings (SSSR count). The largest absolute Gasteiger partial charge is 0.341 e. The summed E-state index contributed by atoms with van der Waals surface area (Å²) >= 11 is 11.9. The average Bonchev–Trinajstić information content (AvgIpc) is 2.42. The SMILES string of the molecule is CC(=O)N(CCC(=O)Nc1cc(Cl)ccc1Cl)CCN(C)C. The third-order valence-electron chi connectivity index (χ3n) is 3.07. The molecule has 5 nitrogen and oxygen atoms in total. The van der Waals surface area contributed by atoms with Crippen molar-refractivity contribution in [2.45, 2.75) is 13.3 Å². The lowest BCUT2D eigenvalue weighted by molar-refractivity contribution is -0.129. The Hall–Kier alpha value is -1.30. The van der Waals surface area contributed by atoms with E-state index in [2.05, 4.69) is 5.32 Å². The van der Waals surface area contributed by atoms with Crippen molar-refractivity contribution in [1.29, 1.82) is 0 Å². The van der Waals surface area contributed by atoms with Gasteiger partial charge in [0.25, 0.3) is 0 Å². The Balaban J connectivity index is 2.53. The summed E-state index contributed by atoms with van der Waals surface area (Å²) < 4.78 is 0. The molecule has 0 aliphatic heterocycles. The number of hydrogen-bond acceptors (Lipinski definition) is 3. The fourth-order valence-electron chi connectivity index (χ4n) is 1.79. The summed E-state index contributed by atoms with van der Waals surface area (Å²) in [6, 6.07) is 4.87. The number of amides is 2. The third kappa shape index (κ3) is 6.64. The first kappa shape index (κ1) is 18.7. The van der Waals surface area contributed by atoms with Gasteiger partial charge >= 0.3 is 0 Å². The van der Waals surface area contributed by atoms with Crippen molar-refractivity contribution in [3.63, 3.8) is 0 Å². The van der Waals surface area contributed by atoms with Gasteiger partial charge in [-0.25, -0.2) is 0 Å². The number of halogens is 2. The van der Waals surface area contributed by atoms with E-state index < -0.39 is 0 Å². The quantitative estimate of drug-likeness (QED) is 0.826. The predicted octanol–water partition coefficient (Wildman–Crippen LogP) is 2.73. The first-order valence-corrected chi connectivity index (χ1v) is 7.70. The highest BCUT2D eigenvalue weighted by atomic mass is 35.5. The molecule has 1 aromatic carbocycles. The number of nitrogens with one attached hydrogen (secondary N) is 1. The van der Waals surface area contributed by atoms with Gasteiger partial charge < -0.3 is 15.1 Å². The maximum Gasteiger partial charge on any atom is 0.226 e. The first-order chi connectivity index (χ1) is 10.3. The summed E-state index contributed by atoms with van der Waals surface area (Å²) in [6.07, 6.45) is 0.204. The fraction of sp³-hybridized carbons (Fsp3) is 0.467. The Bertz CT molecular complexity index is 536. The molecule has 1 aromatic rings. The van der Waals surface area contributed by atoms with E-state index >= 15 is 0 Å². The average molecular weight is 346 g/mol. The predicted molar refractivity (Wildman–Crippen MR) is 90.5 cm³/mol. The van der Waals surface area contributed by atoms with Gasteiger partial charge in [-0.1, -0.05) is 23.2 Å². The van der Waals surface area contributed by atoms with Crippen LogP contribution in [0.4, 0.5) is 5.69 Å². The van der Waals surface area contributed by atoms with Gasteiger partial charge in [0.05, 0.1) is 10.7 Å². The van der Waals surface area contributed by atoms with Crippen molar-refractivity contribution in [1.82, 2.24) is 9.80 Å². The Kier molecular flexibility index (Phi) is 7.65. The summed E-state index contributed by atoms with van der Waals surface area (Å²) in [5, 5.41) is 3.63. The molecule has 0 saturated heterocycles. The van der Waals surface area contributed by atoms with Gasteiger partial charge in [-0.3, -0.25) is 9.59 Å². The summed E-state index contributed by atoms with van der Waals surface area (Å²) in [6.45, 7) is 3.21. The molecule has 0 fully saturated rings. The van der Waals surface area contributed by atoms with Gasteiger partial charge in [0.2, 0.25) is 11.8 Å². The maximum absolute atomic E-state index is 12.0. The number of likely N-dealkylation sites (N-methyl/N-ethyl adjacent to an activating group) is 1. The van der Waals surface area contributed by atoms with Crippen LogP contribution in [0.15, 0.2) is 18.2 Å². The molecule has 0 aromatic heterocycles. The van der Waals surface area contributed by atoms with Gasteiger partial charge in [-0.05, 0) is 32.3 Å². The van der Waals surface area contributed by atoms with Crippen LogP contribution in [0.3, 0.4) is 0 Å². The summed E-state index contributed by atoms with van der Waals surface area (Å²) in [5.41, 5.74) is 0.474. The van der Waals surface area contributed by atoms with Crippen molar-refractivity contribution < 1.29 is 9.59 Å². The van der Waals surface area contributed by atoms with E-state index in [1.807, 2.05) is 19.0 Å². The molecule has 7 heteroatoms. The molecule has 0 aliphatic carbocycles. The zero-order chi connectivity index (χ0) is 16.7. The van der Waals surface area contributed by atoms with E-state index in [-0.39, 0.29) is 18.2 Å². The molecule has 0 unspecified atom stereocenters. The highest BCUT2D eigenvalue weighted by Gasteiger charge is 2.12. The van der Waals surface area contributed by atoms with E-state index in [4.69, 9.17) is 23.2 Å². The van der Waals surface area contributed by atoms with E-state index in [9.17, 15) is 9.59 Å². The second-order valence-corrected chi connectivity index (χ2v) is 6.08. The van der Waals surface area contributed by atoms with Gasteiger partial charge in [0.1, 0.15) is 0 Å². The fourth-order valence-corrected chi connectivity index (χ4v) is 2.13. The van der Waals surface area contributed by atoms with Crippen molar-refractivity contribution in [3.05, 3.63) is 28.2 Å². The van der Waals surface area contributed by atoms with Gasteiger partial charge in [0.15, 0.2) is 0 Å². The van der Waals surface area contributed by atoms with Gasteiger partial charge in [-0.15, -0.1) is 0 Å². The Morgan fingerprint density at radius 2 is 1.82 bits per heavy atom. The van der Waals surface area contributed by atoms with Crippen LogP contribution in [-0.2, 0) is 9.59 Å². The molecule has 0 saturated carbocycles. The van der Waals surface area contributed by atoms with Crippen LogP contribution in [0.5, 0.6) is 0 Å². The second-order valence-electron chi connectivity index (χ2n) is 5.23. The lowest BCUT2D eigenvalue weighted by Crippen LogP contribution is -2.37. The van der Waals surface area contributed by atoms with Crippen LogP contribution in [0.2, 0.25) is 10.0 Å². The van der Waals surface area contributed by atoms with E-state index in [0.29, 0.717) is 28.8 Å². The van der Waals surface area contributed by atoms with E-state index in [0.717, 1.165) is 6.54 Å². The minimum Gasteiger partial charge on any atom is -0.341 e. The maximum atomic E-state index is 12.0. The Morgan fingerprint density at radius 3 is 2.41 bits per heavy atom. The lowest BCUT2D eigenvalue weighted by atomic mass is 10.3. The number of hydrogen-bond donors (Lipinski definition) is 1. The molecule has 0 aliphatic rings. The van der Waals surface area contributed by atoms with Crippen LogP contribution in [-0.4, -0.2) is 55.3 Å². The molecular formula is C15H21Cl2N3O2. The molecule has 22 heavy (non-hydrogen) atoms. The van der Waals surface area contributed by atoms with Crippen molar-refractivity contribution >= 4 is 40.7 Å². The summed E-state index contributed by atoms with van der Waals surface area (Å²) in [7, 11) is 3.87. The standard InChI is InChI=1S/C15H21Cl2N3O2/c1-11(21)20(9-8-19(2)3)7-6-15(22)18-14-10-12(16)4-5-13(14)17/h4-5,10H,6-9H2,1-3H3,(H,18,22). The van der Waals surface area contributed by atoms with Crippen LogP contribution >= 0.6 is 23.2 Å². The number of rotatable bonds is 7. The minimum atomic E-state index is -0.208. The number of benzene rings is 1. The molecule has 2 amide bonds. The van der Waals surface area contributed by atoms with Crippen molar-refractivity contribution in [3.8, 4) is 0 Å². The number of carbonyl (C=O) groups excluding carboxylic acids is 2. The van der Waals surface area contributed by atoms with Gasteiger partial charge in [0, 0.05) is 38.0 Å². The third-order valence-corrected chi connectivity index (χ3v) is 3.64. The topological polar surface area (TPSA) is 52.7 Å². The molecule has 0 atom stereocenters. The number of carbonyl (C=O) groups is 2. The molecule has 1 N–H and O–H groups in total. The Labute approximate surface area is 141 Å². The molecule has 0 bridgehead atoms. The smallest absolute Gasteiger partial charge is 0.226 e. The van der Waals surface area contributed by atoms with Crippen LogP contribution in [0.1, 0.15) is 13.3 Å². The Morgan fingerprint density at radius 1 is 1.14 bits per heavy atom. The van der Waals surface area contributed by atoms with Crippen LogP contribution < -0.4 is 5.32 Å². The zero-order valence-corrected chi connectivity index (χ0v) is 14.5. The summed E-state index contributed by atoms with van der Waals surface area (Å²) in [5.74, 6) is -0.254. The minimum absolute atomic E-state index is 0.0459. The molecule has 0 heterocycles. The normalized spacial score (nSPS) is 10.6. The van der Waals surface area contributed by atoms with Crippen LogP contribution in [0, 0.1) is 0 Å². The number of anilines is 1. The highest BCUT2D eigenvalue weighted by molar-refractivity contribution is 6.35. The highest BCUT2D eigenvalue weighted by Crippen LogP contribution is 2.25. The number of nitrogens with zero attached hydrogens (tertiary/aromatic N) is 2. The first-order valence-electron chi connectivity index (χ1n) is 6.94. The van der Waals surface area contributed by atoms with E-state index in [1.165, 1.54) is 6.92 Å². The van der Waals surface area contributed by atoms with Crippen molar-refractivity contribution in [2.75, 3.05) is 39.0 Å². The molecule has 0 spiro atoms. The van der Waals surface area contributed by atoms with E-state index in [1.54, 1.807) is 23.1 Å². The zero-order valence-electron chi connectivity index (χ0n) is 13.0. The van der Waals surface area contributed by atoms with Crippen LogP contribution in [0.25, 0.3) is 0 Å². The second kappa shape index (κ2) is 8.98. The molecule has 122 valence electrons. The van der Waals surface area contributed by atoms with Crippen molar-refractivity contribution in [2.24, 2.45) is 0 Å². The van der Waals surface area contributed by atoms with Gasteiger partial charge in [-0.2, -0.15) is 0 Å². The molecular weight excluding hydrogens is 325 g/mol. The molecule has 0 radical (unpaired) electrons. The summed E-state index contributed by atoms with van der Waals surface area (Å²) in [4.78, 5) is 27.2.